The lowest BCUT2D eigenvalue weighted by molar-refractivity contribution is 0.0912. The van der Waals surface area contributed by atoms with Gasteiger partial charge in [-0.15, -0.1) is 0 Å². The molecule has 0 bridgehead atoms. The van der Waals surface area contributed by atoms with Gasteiger partial charge in [0.2, 0.25) is 0 Å². The van der Waals surface area contributed by atoms with Crippen LogP contribution in [0.2, 0.25) is 0 Å². The van der Waals surface area contributed by atoms with Gasteiger partial charge in [-0.25, -0.2) is 0 Å². The van der Waals surface area contributed by atoms with Crippen LogP contribution in [0.4, 0.5) is 0 Å². The SMILES string of the molecule is CN(C1CCCCC1)C(C)(C)C. The number of hydrogen-bond acceptors (Lipinski definition) is 1. The minimum atomic E-state index is 0.349. The van der Waals surface area contributed by atoms with E-state index in [1.165, 1.54) is 32.1 Å². The first kappa shape index (κ1) is 10.0. The summed E-state index contributed by atoms with van der Waals surface area (Å²) >= 11 is 0. The van der Waals surface area contributed by atoms with Crippen molar-refractivity contribution in [3.8, 4) is 0 Å². The third kappa shape index (κ3) is 2.48. The molecule has 72 valence electrons. The summed E-state index contributed by atoms with van der Waals surface area (Å²) in [4.78, 5) is 2.55. The molecule has 0 aromatic carbocycles. The highest BCUT2D eigenvalue weighted by Crippen LogP contribution is 2.26. The van der Waals surface area contributed by atoms with Crippen LogP contribution in [-0.4, -0.2) is 23.5 Å². The van der Waals surface area contributed by atoms with Crippen LogP contribution < -0.4 is 0 Å². The maximum atomic E-state index is 2.55. The van der Waals surface area contributed by atoms with Gasteiger partial charge < -0.3 is 0 Å². The van der Waals surface area contributed by atoms with Crippen molar-refractivity contribution < 1.29 is 0 Å². The van der Waals surface area contributed by atoms with Crippen LogP contribution in [0.1, 0.15) is 52.9 Å². The molecule has 0 amide bonds. The maximum Gasteiger partial charge on any atom is 0.0124 e. The Morgan fingerprint density at radius 1 is 1.00 bits per heavy atom. The van der Waals surface area contributed by atoms with Gasteiger partial charge in [-0.05, 0) is 40.7 Å². The van der Waals surface area contributed by atoms with E-state index in [2.05, 4.69) is 32.7 Å². The van der Waals surface area contributed by atoms with Crippen molar-refractivity contribution in [3.63, 3.8) is 0 Å². The molecule has 0 spiro atoms. The van der Waals surface area contributed by atoms with Gasteiger partial charge in [0, 0.05) is 11.6 Å². The summed E-state index contributed by atoms with van der Waals surface area (Å²) in [5.74, 6) is 0. The van der Waals surface area contributed by atoms with Gasteiger partial charge in [-0.1, -0.05) is 19.3 Å². The van der Waals surface area contributed by atoms with E-state index in [1.54, 1.807) is 0 Å². The quantitative estimate of drug-likeness (QED) is 0.583. The zero-order valence-electron chi connectivity index (χ0n) is 9.06. The van der Waals surface area contributed by atoms with Gasteiger partial charge in [-0.3, -0.25) is 4.90 Å². The zero-order valence-corrected chi connectivity index (χ0v) is 9.06. The van der Waals surface area contributed by atoms with Gasteiger partial charge in [0.15, 0.2) is 0 Å². The van der Waals surface area contributed by atoms with Crippen molar-refractivity contribution in [1.29, 1.82) is 0 Å². The molecule has 1 fully saturated rings. The van der Waals surface area contributed by atoms with Gasteiger partial charge in [0.05, 0.1) is 0 Å². The lowest BCUT2D eigenvalue weighted by Gasteiger charge is -2.40. The normalized spacial score (nSPS) is 21.8. The summed E-state index contributed by atoms with van der Waals surface area (Å²) in [5, 5.41) is 0. The van der Waals surface area contributed by atoms with Crippen molar-refractivity contribution in [2.75, 3.05) is 7.05 Å². The first-order valence-corrected chi connectivity index (χ1v) is 5.25. The molecule has 0 heterocycles. The minimum Gasteiger partial charge on any atom is -0.299 e. The molecular formula is C11H23N. The van der Waals surface area contributed by atoms with Crippen LogP contribution in [-0.2, 0) is 0 Å². The van der Waals surface area contributed by atoms with Crippen LogP contribution in [0.25, 0.3) is 0 Å². The predicted molar refractivity (Wildman–Crippen MR) is 54.4 cm³/mol. The molecule has 0 N–H and O–H groups in total. The van der Waals surface area contributed by atoms with Crippen LogP contribution >= 0.6 is 0 Å². The second kappa shape index (κ2) is 3.78. The van der Waals surface area contributed by atoms with Gasteiger partial charge in [-0.2, -0.15) is 0 Å². The molecule has 1 aliphatic carbocycles. The summed E-state index contributed by atoms with van der Waals surface area (Å²) in [5.41, 5.74) is 0.349. The molecule has 12 heavy (non-hydrogen) atoms. The van der Waals surface area contributed by atoms with Crippen molar-refractivity contribution >= 4 is 0 Å². The highest BCUT2D eigenvalue weighted by molar-refractivity contribution is 4.82. The summed E-state index contributed by atoms with van der Waals surface area (Å²) in [7, 11) is 2.27. The van der Waals surface area contributed by atoms with Crippen molar-refractivity contribution in [1.82, 2.24) is 4.90 Å². The second-order valence-electron chi connectivity index (χ2n) is 5.07. The Kier molecular flexibility index (Phi) is 3.16. The van der Waals surface area contributed by atoms with E-state index in [0.29, 0.717) is 5.54 Å². The lowest BCUT2D eigenvalue weighted by Crippen LogP contribution is -2.45. The van der Waals surface area contributed by atoms with E-state index in [1.807, 2.05) is 0 Å². The van der Waals surface area contributed by atoms with Crippen molar-refractivity contribution in [3.05, 3.63) is 0 Å². The number of hydrogen-bond donors (Lipinski definition) is 0. The zero-order chi connectivity index (χ0) is 9.19. The van der Waals surface area contributed by atoms with E-state index in [-0.39, 0.29) is 0 Å². The highest BCUT2D eigenvalue weighted by atomic mass is 15.2. The molecule has 1 rings (SSSR count). The fourth-order valence-corrected chi connectivity index (χ4v) is 2.02. The second-order valence-corrected chi connectivity index (χ2v) is 5.07. The Hall–Kier alpha value is -0.0400. The first-order valence-electron chi connectivity index (χ1n) is 5.25. The van der Waals surface area contributed by atoms with E-state index in [0.717, 1.165) is 6.04 Å². The summed E-state index contributed by atoms with van der Waals surface area (Å²) < 4.78 is 0. The molecule has 0 unspecified atom stereocenters. The first-order chi connectivity index (χ1) is 5.52. The average molecular weight is 169 g/mol. The monoisotopic (exact) mass is 169 g/mol. The summed E-state index contributed by atoms with van der Waals surface area (Å²) in [6.45, 7) is 6.92. The highest BCUT2D eigenvalue weighted by Gasteiger charge is 2.25. The van der Waals surface area contributed by atoms with E-state index in [4.69, 9.17) is 0 Å². The van der Waals surface area contributed by atoms with E-state index in [9.17, 15) is 0 Å². The Morgan fingerprint density at radius 2 is 1.50 bits per heavy atom. The molecule has 0 atom stereocenters. The molecule has 0 saturated heterocycles. The molecule has 1 heteroatoms. The van der Waals surface area contributed by atoms with E-state index < -0.39 is 0 Å². The van der Waals surface area contributed by atoms with Crippen LogP contribution in [0, 0.1) is 0 Å². The molecule has 0 aromatic heterocycles. The fraction of sp³-hybridized carbons (Fsp3) is 1.00. The summed E-state index contributed by atoms with van der Waals surface area (Å²) in [6.07, 6.45) is 7.15. The Bertz CT molecular complexity index is 128. The number of nitrogens with zero attached hydrogens (tertiary/aromatic N) is 1. The standard InChI is InChI=1S/C11H23N/c1-11(2,3)12(4)10-8-6-5-7-9-10/h10H,5-9H2,1-4H3. The third-order valence-corrected chi connectivity index (χ3v) is 3.18. The minimum absolute atomic E-state index is 0.349. The maximum absolute atomic E-state index is 2.55. The van der Waals surface area contributed by atoms with E-state index >= 15 is 0 Å². The molecule has 0 aromatic rings. The van der Waals surface area contributed by atoms with Gasteiger partial charge in [0.25, 0.3) is 0 Å². The molecule has 1 saturated carbocycles. The van der Waals surface area contributed by atoms with Gasteiger partial charge in [0.1, 0.15) is 0 Å². The van der Waals surface area contributed by atoms with Crippen LogP contribution in [0.3, 0.4) is 0 Å². The molecule has 0 radical (unpaired) electrons. The molecule has 1 nitrogen and oxygen atoms in total. The largest absolute Gasteiger partial charge is 0.299 e. The average Bonchev–Trinajstić information content (AvgIpc) is 2.03. The topological polar surface area (TPSA) is 3.24 Å². The fourth-order valence-electron chi connectivity index (χ4n) is 2.02. The Morgan fingerprint density at radius 3 is 1.92 bits per heavy atom. The van der Waals surface area contributed by atoms with Crippen molar-refractivity contribution in [2.24, 2.45) is 0 Å². The molecule has 0 aliphatic heterocycles. The smallest absolute Gasteiger partial charge is 0.0124 e. The third-order valence-electron chi connectivity index (χ3n) is 3.18. The van der Waals surface area contributed by atoms with Gasteiger partial charge >= 0.3 is 0 Å². The number of rotatable bonds is 1. The summed E-state index contributed by atoms with van der Waals surface area (Å²) in [6, 6.07) is 0.846. The van der Waals surface area contributed by atoms with Crippen LogP contribution in [0.5, 0.6) is 0 Å². The molecular weight excluding hydrogens is 146 g/mol. The molecule has 1 aliphatic rings. The Labute approximate surface area is 77.1 Å². The Balaban J connectivity index is 2.45. The predicted octanol–water partition coefficient (Wildman–Crippen LogP) is 3.05. The van der Waals surface area contributed by atoms with Crippen molar-refractivity contribution in [2.45, 2.75) is 64.5 Å². The lowest BCUT2D eigenvalue weighted by atomic mass is 9.91. The van der Waals surface area contributed by atoms with Crippen LogP contribution in [0.15, 0.2) is 0 Å².